The summed E-state index contributed by atoms with van der Waals surface area (Å²) in [6.07, 6.45) is 0.796. The minimum Gasteiger partial charge on any atom is -0.338 e. The molecule has 1 unspecified atom stereocenters. The average molecular weight is 322 g/mol. The van der Waals surface area contributed by atoms with Crippen molar-refractivity contribution in [3.05, 3.63) is 70.2 Å². The molecule has 2 aromatic carbocycles. The van der Waals surface area contributed by atoms with E-state index in [4.69, 9.17) is 11.6 Å². The molecule has 2 nitrogen and oxygen atoms in total. The van der Waals surface area contributed by atoms with E-state index in [9.17, 15) is 13.6 Å². The summed E-state index contributed by atoms with van der Waals surface area (Å²) in [6.45, 7) is 0.986. The molecule has 1 amide bonds. The van der Waals surface area contributed by atoms with E-state index < -0.39 is 17.5 Å². The summed E-state index contributed by atoms with van der Waals surface area (Å²) in [5, 5.41) is -0.0629. The second kappa shape index (κ2) is 6.05. The summed E-state index contributed by atoms with van der Waals surface area (Å²) in [4.78, 5) is 14.0. The van der Waals surface area contributed by atoms with E-state index in [1.807, 2.05) is 30.3 Å². The van der Waals surface area contributed by atoms with Gasteiger partial charge in [0, 0.05) is 19.0 Å². The van der Waals surface area contributed by atoms with Crippen LogP contribution in [0.15, 0.2) is 42.5 Å². The molecule has 5 heteroatoms. The Morgan fingerprint density at radius 1 is 1.14 bits per heavy atom. The molecule has 1 atom stereocenters. The predicted molar refractivity (Wildman–Crippen MR) is 81.1 cm³/mol. The molecule has 1 saturated heterocycles. The molecule has 0 aliphatic carbocycles. The minimum atomic E-state index is -1.18. The lowest BCUT2D eigenvalue weighted by Gasteiger charge is -2.18. The van der Waals surface area contributed by atoms with Gasteiger partial charge in [-0.05, 0) is 24.1 Å². The SMILES string of the molecule is O=C(c1c(Cl)ccc(F)c1F)N1CCC(c2ccccc2)C1. The molecule has 2 aromatic rings. The Morgan fingerprint density at radius 2 is 1.86 bits per heavy atom. The molecular formula is C17H14ClF2NO. The molecule has 1 aliphatic heterocycles. The van der Waals surface area contributed by atoms with E-state index in [0.29, 0.717) is 13.1 Å². The monoisotopic (exact) mass is 321 g/mol. The highest BCUT2D eigenvalue weighted by Crippen LogP contribution is 2.30. The Hall–Kier alpha value is -1.94. The number of amides is 1. The van der Waals surface area contributed by atoms with Crippen molar-refractivity contribution in [1.29, 1.82) is 0 Å². The van der Waals surface area contributed by atoms with Crippen LogP contribution in [0.3, 0.4) is 0 Å². The Bertz CT molecular complexity index is 705. The number of halogens is 3. The van der Waals surface area contributed by atoms with Crippen molar-refractivity contribution in [2.45, 2.75) is 12.3 Å². The van der Waals surface area contributed by atoms with E-state index in [1.54, 1.807) is 0 Å². The van der Waals surface area contributed by atoms with Crippen LogP contribution in [-0.4, -0.2) is 23.9 Å². The van der Waals surface area contributed by atoms with Crippen molar-refractivity contribution in [2.24, 2.45) is 0 Å². The van der Waals surface area contributed by atoms with Crippen LogP contribution in [-0.2, 0) is 0 Å². The van der Waals surface area contributed by atoms with E-state index in [2.05, 4.69) is 0 Å². The molecule has 1 aliphatic rings. The summed E-state index contributed by atoms with van der Waals surface area (Å²) < 4.78 is 27.2. The van der Waals surface area contributed by atoms with Gasteiger partial charge in [-0.3, -0.25) is 4.79 Å². The Morgan fingerprint density at radius 3 is 2.59 bits per heavy atom. The molecule has 0 N–H and O–H groups in total. The first-order chi connectivity index (χ1) is 10.6. The van der Waals surface area contributed by atoms with Gasteiger partial charge in [0.1, 0.15) is 0 Å². The summed E-state index contributed by atoms with van der Waals surface area (Å²) >= 11 is 5.87. The van der Waals surface area contributed by atoms with Crippen LogP contribution < -0.4 is 0 Å². The van der Waals surface area contributed by atoms with Crippen LogP contribution in [0.1, 0.15) is 28.3 Å². The normalized spacial score (nSPS) is 17.8. The van der Waals surface area contributed by atoms with Crippen LogP contribution in [0.2, 0.25) is 5.02 Å². The first-order valence-corrected chi connectivity index (χ1v) is 7.43. The van der Waals surface area contributed by atoms with Gasteiger partial charge in [-0.1, -0.05) is 41.9 Å². The van der Waals surface area contributed by atoms with Crippen molar-refractivity contribution in [2.75, 3.05) is 13.1 Å². The van der Waals surface area contributed by atoms with Gasteiger partial charge in [-0.15, -0.1) is 0 Å². The number of hydrogen-bond acceptors (Lipinski definition) is 1. The summed E-state index contributed by atoms with van der Waals surface area (Å²) in [7, 11) is 0. The number of rotatable bonds is 2. The number of carbonyl (C=O) groups is 1. The van der Waals surface area contributed by atoms with Crippen molar-refractivity contribution < 1.29 is 13.6 Å². The number of carbonyl (C=O) groups excluding carboxylic acids is 1. The van der Waals surface area contributed by atoms with Crippen molar-refractivity contribution in [1.82, 2.24) is 4.90 Å². The third-order valence-corrected chi connectivity index (χ3v) is 4.32. The maximum atomic E-state index is 13.9. The second-order valence-corrected chi connectivity index (χ2v) is 5.77. The molecule has 0 spiro atoms. The zero-order chi connectivity index (χ0) is 15.7. The zero-order valence-electron chi connectivity index (χ0n) is 11.7. The lowest BCUT2D eigenvalue weighted by Crippen LogP contribution is -2.29. The fourth-order valence-electron chi connectivity index (χ4n) is 2.82. The molecule has 0 radical (unpaired) electrons. The highest BCUT2D eigenvalue weighted by atomic mass is 35.5. The zero-order valence-corrected chi connectivity index (χ0v) is 12.5. The van der Waals surface area contributed by atoms with Crippen LogP contribution in [0.25, 0.3) is 0 Å². The summed E-state index contributed by atoms with van der Waals surface area (Å²) in [6, 6.07) is 12.0. The standard InChI is InChI=1S/C17H14ClF2NO/c18-13-6-7-14(19)16(20)15(13)17(22)21-9-8-12(10-21)11-4-2-1-3-5-11/h1-7,12H,8-10H2. The van der Waals surface area contributed by atoms with Crippen LogP contribution in [0.5, 0.6) is 0 Å². The van der Waals surface area contributed by atoms with E-state index >= 15 is 0 Å². The van der Waals surface area contributed by atoms with Gasteiger partial charge in [-0.2, -0.15) is 0 Å². The average Bonchev–Trinajstić information content (AvgIpc) is 3.02. The van der Waals surface area contributed by atoms with Crippen LogP contribution in [0.4, 0.5) is 8.78 Å². The molecule has 0 aromatic heterocycles. The van der Waals surface area contributed by atoms with Gasteiger partial charge in [0.15, 0.2) is 11.6 Å². The van der Waals surface area contributed by atoms with Crippen LogP contribution in [0, 0.1) is 11.6 Å². The Kier molecular flexibility index (Phi) is 4.12. The minimum absolute atomic E-state index is 0.0629. The number of benzene rings is 2. The van der Waals surface area contributed by atoms with Crippen molar-refractivity contribution in [3.63, 3.8) is 0 Å². The first kappa shape index (κ1) is 15.0. The predicted octanol–water partition coefficient (Wildman–Crippen LogP) is 4.25. The topological polar surface area (TPSA) is 20.3 Å². The Balaban J connectivity index is 1.82. The van der Waals surface area contributed by atoms with Crippen LogP contribution >= 0.6 is 11.6 Å². The molecule has 3 rings (SSSR count). The number of likely N-dealkylation sites (tertiary alicyclic amines) is 1. The molecule has 0 saturated carbocycles. The van der Waals surface area contributed by atoms with Gasteiger partial charge >= 0.3 is 0 Å². The maximum absolute atomic E-state index is 13.9. The lowest BCUT2D eigenvalue weighted by atomic mass is 9.99. The summed E-state index contributed by atoms with van der Waals surface area (Å²) in [5.74, 6) is -2.59. The third kappa shape index (κ3) is 2.71. The van der Waals surface area contributed by atoms with Gasteiger partial charge < -0.3 is 4.90 Å². The molecule has 22 heavy (non-hydrogen) atoms. The Labute approximate surface area is 132 Å². The van der Waals surface area contributed by atoms with Gasteiger partial charge in [0.2, 0.25) is 0 Å². The fraction of sp³-hybridized carbons (Fsp3) is 0.235. The van der Waals surface area contributed by atoms with E-state index in [1.165, 1.54) is 11.0 Å². The highest BCUT2D eigenvalue weighted by molar-refractivity contribution is 6.33. The van der Waals surface area contributed by atoms with Gasteiger partial charge in [0.05, 0.1) is 10.6 Å². The number of nitrogens with zero attached hydrogens (tertiary/aromatic N) is 1. The quantitative estimate of drug-likeness (QED) is 0.757. The highest BCUT2D eigenvalue weighted by Gasteiger charge is 2.31. The van der Waals surface area contributed by atoms with E-state index in [0.717, 1.165) is 18.1 Å². The van der Waals surface area contributed by atoms with Gasteiger partial charge in [-0.25, -0.2) is 8.78 Å². The smallest absolute Gasteiger partial charge is 0.258 e. The summed E-state index contributed by atoms with van der Waals surface area (Å²) in [5.41, 5.74) is 0.763. The number of hydrogen-bond donors (Lipinski definition) is 0. The largest absolute Gasteiger partial charge is 0.338 e. The molecule has 0 bridgehead atoms. The molecule has 1 fully saturated rings. The second-order valence-electron chi connectivity index (χ2n) is 5.37. The fourth-order valence-corrected chi connectivity index (χ4v) is 3.05. The third-order valence-electron chi connectivity index (χ3n) is 4.00. The lowest BCUT2D eigenvalue weighted by molar-refractivity contribution is 0.0785. The molecule has 114 valence electrons. The van der Waals surface area contributed by atoms with Crippen molar-refractivity contribution in [3.8, 4) is 0 Å². The molecular weight excluding hydrogens is 308 g/mol. The van der Waals surface area contributed by atoms with Gasteiger partial charge in [0.25, 0.3) is 5.91 Å². The maximum Gasteiger partial charge on any atom is 0.258 e. The van der Waals surface area contributed by atoms with Crippen molar-refractivity contribution >= 4 is 17.5 Å². The first-order valence-electron chi connectivity index (χ1n) is 7.05. The molecule has 1 heterocycles. The van der Waals surface area contributed by atoms with E-state index in [-0.39, 0.29) is 16.5 Å².